The molecule has 0 aliphatic carbocycles. The van der Waals surface area contributed by atoms with E-state index in [9.17, 15) is 4.79 Å². The molecule has 0 fully saturated rings. The standard InChI is InChI=1S/C11H14N2O2/c1-8(2)6-10(14)13-9-4-5-11(15-3)12-7-9/h4-7H,1-3H3,(H,13,14). The van der Waals surface area contributed by atoms with Gasteiger partial charge in [0.05, 0.1) is 19.0 Å². The van der Waals surface area contributed by atoms with E-state index in [2.05, 4.69) is 10.3 Å². The number of carbonyl (C=O) groups excluding carboxylic acids is 1. The van der Waals surface area contributed by atoms with Crippen LogP contribution in [0.25, 0.3) is 0 Å². The van der Waals surface area contributed by atoms with Crippen molar-refractivity contribution in [1.29, 1.82) is 0 Å². The highest BCUT2D eigenvalue weighted by molar-refractivity contribution is 5.99. The monoisotopic (exact) mass is 206 g/mol. The maximum Gasteiger partial charge on any atom is 0.248 e. The fraction of sp³-hybridized carbons (Fsp3) is 0.273. The highest BCUT2D eigenvalue weighted by Gasteiger charge is 1.99. The Labute approximate surface area is 89.0 Å². The molecule has 1 aromatic heterocycles. The molecular weight excluding hydrogens is 192 g/mol. The quantitative estimate of drug-likeness (QED) is 0.769. The average Bonchev–Trinajstić information content (AvgIpc) is 2.17. The van der Waals surface area contributed by atoms with Crippen LogP contribution in [0, 0.1) is 0 Å². The molecule has 0 radical (unpaired) electrons. The largest absolute Gasteiger partial charge is 0.481 e. The molecule has 15 heavy (non-hydrogen) atoms. The normalized spacial score (nSPS) is 9.27. The molecule has 0 unspecified atom stereocenters. The third-order valence-electron chi connectivity index (χ3n) is 1.63. The van der Waals surface area contributed by atoms with Crippen LogP contribution >= 0.6 is 0 Å². The van der Waals surface area contributed by atoms with Crippen molar-refractivity contribution in [3.05, 3.63) is 30.0 Å². The van der Waals surface area contributed by atoms with E-state index >= 15 is 0 Å². The molecule has 4 nitrogen and oxygen atoms in total. The minimum absolute atomic E-state index is 0.151. The fourth-order valence-corrected chi connectivity index (χ4v) is 1.02. The zero-order chi connectivity index (χ0) is 11.3. The maximum absolute atomic E-state index is 11.3. The van der Waals surface area contributed by atoms with Crippen LogP contribution in [0.4, 0.5) is 5.69 Å². The highest BCUT2D eigenvalue weighted by atomic mass is 16.5. The molecule has 1 N–H and O–H groups in total. The number of pyridine rings is 1. The van der Waals surface area contributed by atoms with Crippen molar-refractivity contribution in [2.75, 3.05) is 12.4 Å². The number of anilines is 1. The van der Waals surface area contributed by atoms with Gasteiger partial charge < -0.3 is 10.1 Å². The van der Waals surface area contributed by atoms with Gasteiger partial charge in [-0.1, -0.05) is 5.57 Å². The minimum atomic E-state index is -0.151. The summed E-state index contributed by atoms with van der Waals surface area (Å²) in [5.74, 6) is 0.372. The number of rotatable bonds is 3. The molecule has 0 aliphatic heterocycles. The van der Waals surface area contributed by atoms with Crippen molar-refractivity contribution in [1.82, 2.24) is 4.98 Å². The summed E-state index contributed by atoms with van der Waals surface area (Å²) in [6, 6.07) is 3.43. The molecule has 0 atom stereocenters. The van der Waals surface area contributed by atoms with E-state index in [0.29, 0.717) is 11.6 Å². The number of hydrogen-bond donors (Lipinski definition) is 1. The third-order valence-corrected chi connectivity index (χ3v) is 1.63. The van der Waals surface area contributed by atoms with Gasteiger partial charge in [0.25, 0.3) is 0 Å². The van der Waals surface area contributed by atoms with E-state index in [1.807, 2.05) is 13.8 Å². The number of ether oxygens (including phenoxy) is 1. The first-order valence-electron chi connectivity index (χ1n) is 4.58. The molecule has 1 heterocycles. The van der Waals surface area contributed by atoms with Crippen molar-refractivity contribution < 1.29 is 9.53 Å². The Hall–Kier alpha value is -1.84. The van der Waals surface area contributed by atoms with Crippen molar-refractivity contribution in [3.8, 4) is 5.88 Å². The van der Waals surface area contributed by atoms with Crippen LogP contribution < -0.4 is 10.1 Å². The molecule has 0 spiro atoms. The van der Waals surface area contributed by atoms with E-state index in [-0.39, 0.29) is 5.91 Å². The van der Waals surface area contributed by atoms with Gasteiger partial charge >= 0.3 is 0 Å². The summed E-state index contributed by atoms with van der Waals surface area (Å²) >= 11 is 0. The number of amides is 1. The van der Waals surface area contributed by atoms with E-state index in [0.717, 1.165) is 5.57 Å². The Kier molecular flexibility index (Phi) is 3.85. The molecule has 0 saturated heterocycles. The van der Waals surface area contributed by atoms with Crippen LogP contribution in [0.3, 0.4) is 0 Å². The average molecular weight is 206 g/mol. The lowest BCUT2D eigenvalue weighted by Gasteiger charge is -2.03. The van der Waals surface area contributed by atoms with E-state index in [1.54, 1.807) is 25.4 Å². The first-order chi connectivity index (χ1) is 7.11. The summed E-state index contributed by atoms with van der Waals surface area (Å²) in [4.78, 5) is 15.3. The molecule has 0 aliphatic rings. The molecule has 1 rings (SSSR count). The number of aromatic nitrogens is 1. The van der Waals surface area contributed by atoms with Crippen LogP contribution in [-0.2, 0) is 4.79 Å². The minimum Gasteiger partial charge on any atom is -0.481 e. The summed E-state index contributed by atoms with van der Waals surface area (Å²) in [7, 11) is 1.55. The predicted molar refractivity (Wildman–Crippen MR) is 58.8 cm³/mol. The van der Waals surface area contributed by atoms with Gasteiger partial charge in [-0.2, -0.15) is 0 Å². The smallest absolute Gasteiger partial charge is 0.248 e. The van der Waals surface area contributed by atoms with Crippen LogP contribution in [0.2, 0.25) is 0 Å². The second-order valence-corrected chi connectivity index (χ2v) is 3.30. The molecule has 0 saturated carbocycles. The Balaban J connectivity index is 2.65. The van der Waals surface area contributed by atoms with Gasteiger partial charge in [0, 0.05) is 12.1 Å². The van der Waals surface area contributed by atoms with E-state index in [1.165, 1.54) is 6.08 Å². The zero-order valence-electron chi connectivity index (χ0n) is 9.07. The van der Waals surface area contributed by atoms with Crippen molar-refractivity contribution >= 4 is 11.6 Å². The SMILES string of the molecule is COc1ccc(NC(=O)C=C(C)C)cn1. The Bertz CT molecular complexity index is 365. The lowest BCUT2D eigenvalue weighted by atomic mass is 10.3. The van der Waals surface area contributed by atoms with Gasteiger partial charge in [-0.3, -0.25) is 4.79 Å². The molecule has 0 aromatic carbocycles. The zero-order valence-corrected chi connectivity index (χ0v) is 9.07. The van der Waals surface area contributed by atoms with Gasteiger partial charge in [0.15, 0.2) is 0 Å². The Morgan fingerprint density at radius 2 is 2.20 bits per heavy atom. The van der Waals surface area contributed by atoms with Gasteiger partial charge in [-0.25, -0.2) is 4.98 Å². The summed E-state index contributed by atoms with van der Waals surface area (Å²) in [5.41, 5.74) is 1.60. The van der Waals surface area contributed by atoms with Crippen LogP contribution in [0.15, 0.2) is 30.0 Å². The Morgan fingerprint density at radius 1 is 1.47 bits per heavy atom. The number of methoxy groups -OCH3 is 1. The number of carbonyl (C=O) groups is 1. The van der Waals surface area contributed by atoms with Gasteiger partial charge in [-0.05, 0) is 19.9 Å². The molecular formula is C11H14N2O2. The highest BCUT2D eigenvalue weighted by Crippen LogP contribution is 2.10. The van der Waals surface area contributed by atoms with Crippen molar-refractivity contribution in [2.24, 2.45) is 0 Å². The van der Waals surface area contributed by atoms with Crippen molar-refractivity contribution in [3.63, 3.8) is 0 Å². The predicted octanol–water partition coefficient (Wildman–Crippen LogP) is 1.99. The molecule has 4 heteroatoms. The lowest BCUT2D eigenvalue weighted by molar-refractivity contribution is -0.111. The van der Waals surface area contributed by atoms with Crippen LogP contribution in [-0.4, -0.2) is 18.0 Å². The summed E-state index contributed by atoms with van der Waals surface area (Å²) in [6.07, 6.45) is 3.08. The third kappa shape index (κ3) is 3.81. The second-order valence-electron chi connectivity index (χ2n) is 3.30. The molecule has 0 bridgehead atoms. The van der Waals surface area contributed by atoms with Gasteiger partial charge in [-0.15, -0.1) is 0 Å². The van der Waals surface area contributed by atoms with E-state index in [4.69, 9.17) is 4.74 Å². The number of nitrogens with zero attached hydrogens (tertiary/aromatic N) is 1. The summed E-state index contributed by atoms with van der Waals surface area (Å²) < 4.78 is 4.90. The van der Waals surface area contributed by atoms with Crippen molar-refractivity contribution in [2.45, 2.75) is 13.8 Å². The van der Waals surface area contributed by atoms with Crippen LogP contribution in [0.5, 0.6) is 5.88 Å². The Morgan fingerprint density at radius 3 is 2.67 bits per heavy atom. The summed E-state index contributed by atoms with van der Waals surface area (Å²) in [6.45, 7) is 3.73. The molecule has 80 valence electrons. The maximum atomic E-state index is 11.3. The first kappa shape index (κ1) is 11.2. The van der Waals surface area contributed by atoms with Gasteiger partial charge in [0.1, 0.15) is 0 Å². The number of nitrogens with one attached hydrogen (secondary N) is 1. The number of hydrogen-bond acceptors (Lipinski definition) is 3. The first-order valence-corrected chi connectivity index (χ1v) is 4.58. The molecule has 1 aromatic rings. The lowest BCUT2D eigenvalue weighted by Crippen LogP contribution is -2.08. The van der Waals surface area contributed by atoms with Crippen LogP contribution in [0.1, 0.15) is 13.8 Å². The van der Waals surface area contributed by atoms with E-state index < -0.39 is 0 Å². The number of allylic oxidation sites excluding steroid dienone is 1. The molecule has 1 amide bonds. The fourth-order valence-electron chi connectivity index (χ4n) is 1.02. The second kappa shape index (κ2) is 5.14. The topological polar surface area (TPSA) is 51.2 Å². The summed E-state index contributed by atoms with van der Waals surface area (Å²) in [5, 5.41) is 2.69. The van der Waals surface area contributed by atoms with Gasteiger partial charge in [0.2, 0.25) is 11.8 Å².